The fourth-order valence-corrected chi connectivity index (χ4v) is 2.93. The van der Waals surface area contributed by atoms with Crippen LogP contribution in [0, 0.1) is 0 Å². The Labute approximate surface area is 181 Å². The molecule has 0 spiro atoms. The Bertz CT molecular complexity index is 897. The zero-order chi connectivity index (χ0) is 19.4. The number of guanidine groups is 1. The van der Waals surface area contributed by atoms with Gasteiger partial charge in [-0.15, -0.1) is 29.1 Å². The van der Waals surface area contributed by atoms with E-state index in [2.05, 4.69) is 55.5 Å². The van der Waals surface area contributed by atoms with Crippen molar-refractivity contribution >= 4 is 29.9 Å². The highest BCUT2D eigenvalue weighted by Crippen LogP contribution is 2.18. The van der Waals surface area contributed by atoms with Gasteiger partial charge in [0.25, 0.3) is 0 Å². The summed E-state index contributed by atoms with van der Waals surface area (Å²) in [6.07, 6.45) is 3.66. The second-order valence-electron chi connectivity index (χ2n) is 6.71. The highest BCUT2D eigenvalue weighted by Gasteiger charge is 2.15. The Morgan fingerprint density at radius 1 is 1.43 bits per heavy atom. The highest BCUT2D eigenvalue weighted by molar-refractivity contribution is 14.0. The normalized spacial score (nSPS) is 11.6. The molecular weight excluding hydrogens is 471 g/mol. The van der Waals surface area contributed by atoms with Crippen molar-refractivity contribution in [2.75, 3.05) is 14.1 Å². The third-order valence-electron chi connectivity index (χ3n) is 4.15. The maximum absolute atomic E-state index is 5.31. The molecule has 0 aliphatic carbocycles. The molecular formula is C18H27IN8O. The molecule has 2 N–H and O–H groups in total. The lowest BCUT2D eigenvalue weighted by atomic mass is 10.1. The molecule has 0 unspecified atom stereocenters. The van der Waals surface area contributed by atoms with E-state index < -0.39 is 0 Å². The van der Waals surface area contributed by atoms with Crippen molar-refractivity contribution in [3.63, 3.8) is 0 Å². The van der Waals surface area contributed by atoms with E-state index in [1.54, 1.807) is 13.3 Å². The molecule has 0 aliphatic heterocycles. The van der Waals surface area contributed by atoms with Crippen molar-refractivity contribution in [2.24, 2.45) is 12.0 Å². The standard InChI is InChI=1S/C18H26N8O.HI/c1-12(2)16-13(11-26(5)24-16)10-25(4)18(19-3)20-9-15-21-17(23-22-15)14-7-6-8-27-14;/h6-8,11-12H,9-10H2,1-5H3,(H,19,20)(H,21,22,23);1H. The van der Waals surface area contributed by atoms with Crippen molar-refractivity contribution in [3.05, 3.63) is 41.7 Å². The highest BCUT2D eigenvalue weighted by atomic mass is 127. The first-order valence-electron chi connectivity index (χ1n) is 8.87. The van der Waals surface area contributed by atoms with Gasteiger partial charge in [0.2, 0.25) is 5.82 Å². The predicted molar refractivity (Wildman–Crippen MR) is 118 cm³/mol. The lowest BCUT2D eigenvalue weighted by Gasteiger charge is -2.22. The molecule has 0 radical (unpaired) electrons. The van der Waals surface area contributed by atoms with Crippen molar-refractivity contribution in [3.8, 4) is 11.6 Å². The third-order valence-corrected chi connectivity index (χ3v) is 4.15. The topological polar surface area (TPSA) is 100 Å². The van der Waals surface area contributed by atoms with Crippen molar-refractivity contribution in [1.29, 1.82) is 0 Å². The van der Waals surface area contributed by atoms with Crippen molar-refractivity contribution < 1.29 is 4.42 Å². The van der Waals surface area contributed by atoms with Crippen LogP contribution in [0.15, 0.2) is 34.0 Å². The molecule has 10 heteroatoms. The van der Waals surface area contributed by atoms with E-state index in [1.807, 2.05) is 30.9 Å². The summed E-state index contributed by atoms with van der Waals surface area (Å²) in [6, 6.07) is 3.64. The van der Waals surface area contributed by atoms with Crippen LogP contribution in [0.2, 0.25) is 0 Å². The van der Waals surface area contributed by atoms with Gasteiger partial charge >= 0.3 is 0 Å². The number of H-pyrrole nitrogens is 1. The number of furan rings is 1. The molecule has 9 nitrogen and oxygen atoms in total. The fraction of sp³-hybridized carbons (Fsp3) is 0.444. The van der Waals surface area contributed by atoms with Gasteiger partial charge in [-0.05, 0) is 18.1 Å². The number of halogens is 1. The van der Waals surface area contributed by atoms with Gasteiger partial charge in [0.15, 0.2) is 11.7 Å². The number of rotatable bonds is 6. The molecule has 3 rings (SSSR count). The maximum atomic E-state index is 5.31. The number of nitrogens with zero attached hydrogens (tertiary/aromatic N) is 6. The summed E-state index contributed by atoms with van der Waals surface area (Å²) in [6.45, 7) is 5.50. The minimum absolute atomic E-state index is 0. The first kappa shape index (κ1) is 21.9. The second kappa shape index (κ2) is 9.71. The van der Waals surface area contributed by atoms with Gasteiger partial charge in [-0.2, -0.15) is 5.10 Å². The van der Waals surface area contributed by atoms with E-state index in [0.29, 0.717) is 29.9 Å². The first-order chi connectivity index (χ1) is 13.0. The van der Waals surface area contributed by atoms with Gasteiger partial charge in [0.05, 0.1) is 18.5 Å². The molecule has 0 aliphatic rings. The van der Waals surface area contributed by atoms with Crippen LogP contribution in [-0.2, 0) is 20.1 Å². The zero-order valence-corrected chi connectivity index (χ0v) is 19.1. The number of hydrogen-bond donors (Lipinski definition) is 2. The van der Waals surface area contributed by atoms with Gasteiger partial charge in [-0.1, -0.05) is 13.8 Å². The molecule has 0 bridgehead atoms. The van der Waals surface area contributed by atoms with Gasteiger partial charge in [0.1, 0.15) is 5.82 Å². The number of hydrogen-bond acceptors (Lipinski definition) is 5. The Kier molecular flexibility index (Phi) is 7.61. The molecule has 0 saturated heterocycles. The molecule has 3 aromatic heterocycles. The largest absolute Gasteiger partial charge is 0.461 e. The number of aryl methyl sites for hydroxylation is 1. The molecule has 28 heavy (non-hydrogen) atoms. The summed E-state index contributed by atoms with van der Waals surface area (Å²) >= 11 is 0. The van der Waals surface area contributed by atoms with Gasteiger partial charge in [0, 0.05) is 39.4 Å². The van der Waals surface area contributed by atoms with Crippen LogP contribution < -0.4 is 5.32 Å². The Hall–Kier alpha value is -2.37. The Morgan fingerprint density at radius 2 is 2.21 bits per heavy atom. The van der Waals surface area contributed by atoms with Crippen molar-refractivity contribution in [2.45, 2.75) is 32.9 Å². The summed E-state index contributed by atoms with van der Waals surface area (Å²) in [5.41, 5.74) is 2.30. The van der Waals surface area contributed by atoms with Crippen LogP contribution in [0.5, 0.6) is 0 Å². The lowest BCUT2D eigenvalue weighted by Crippen LogP contribution is -2.38. The molecule has 0 atom stereocenters. The monoisotopic (exact) mass is 498 g/mol. The van der Waals surface area contributed by atoms with Crippen LogP contribution in [-0.4, -0.2) is 49.9 Å². The van der Waals surface area contributed by atoms with Gasteiger partial charge < -0.3 is 14.6 Å². The predicted octanol–water partition coefficient (Wildman–Crippen LogP) is 2.75. The number of aromatic amines is 1. The van der Waals surface area contributed by atoms with E-state index in [0.717, 1.165) is 18.2 Å². The minimum atomic E-state index is 0. The molecule has 0 amide bonds. The Morgan fingerprint density at radius 3 is 2.86 bits per heavy atom. The smallest absolute Gasteiger partial charge is 0.216 e. The number of aliphatic imine (C=N–C) groups is 1. The fourth-order valence-electron chi connectivity index (χ4n) is 2.93. The van der Waals surface area contributed by atoms with Crippen molar-refractivity contribution in [1.82, 2.24) is 35.2 Å². The van der Waals surface area contributed by atoms with Crippen LogP contribution in [0.4, 0.5) is 0 Å². The minimum Gasteiger partial charge on any atom is -0.461 e. The van der Waals surface area contributed by atoms with E-state index in [4.69, 9.17) is 4.42 Å². The number of nitrogens with one attached hydrogen (secondary N) is 2. The van der Waals surface area contributed by atoms with Gasteiger partial charge in [-0.3, -0.25) is 14.8 Å². The molecule has 0 aromatic carbocycles. The molecule has 152 valence electrons. The van der Waals surface area contributed by atoms with E-state index in [1.165, 1.54) is 5.56 Å². The zero-order valence-electron chi connectivity index (χ0n) is 16.8. The third kappa shape index (κ3) is 5.12. The van der Waals surface area contributed by atoms with E-state index in [-0.39, 0.29) is 24.0 Å². The summed E-state index contributed by atoms with van der Waals surface area (Å²) in [7, 11) is 5.71. The summed E-state index contributed by atoms with van der Waals surface area (Å²) in [5, 5.41) is 15.0. The summed E-state index contributed by atoms with van der Waals surface area (Å²) in [4.78, 5) is 10.9. The Balaban J connectivity index is 0.00000280. The van der Waals surface area contributed by atoms with E-state index in [9.17, 15) is 0 Å². The lowest BCUT2D eigenvalue weighted by molar-refractivity contribution is 0.472. The van der Waals surface area contributed by atoms with Crippen LogP contribution in [0.25, 0.3) is 11.6 Å². The quantitative estimate of drug-likeness (QED) is 0.308. The molecule has 3 heterocycles. The molecule has 3 aromatic rings. The van der Waals surface area contributed by atoms with Crippen LogP contribution >= 0.6 is 24.0 Å². The summed E-state index contributed by atoms with van der Waals surface area (Å²) < 4.78 is 7.17. The summed E-state index contributed by atoms with van der Waals surface area (Å²) in [5.74, 6) is 3.03. The first-order valence-corrected chi connectivity index (χ1v) is 8.87. The molecule has 0 fully saturated rings. The average molecular weight is 498 g/mol. The molecule has 0 saturated carbocycles. The van der Waals surface area contributed by atoms with Crippen LogP contribution in [0.3, 0.4) is 0 Å². The van der Waals surface area contributed by atoms with E-state index >= 15 is 0 Å². The maximum Gasteiger partial charge on any atom is 0.216 e. The number of aromatic nitrogens is 5. The average Bonchev–Trinajstić information content (AvgIpc) is 3.35. The van der Waals surface area contributed by atoms with Crippen LogP contribution in [0.1, 0.15) is 36.8 Å². The second-order valence-corrected chi connectivity index (χ2v) is 6.71. The van der Waals surface area contributed by atoms with Gasteiger partial charge in [-0.25, -0.2) is 4.98 Å². The SMILES string of the molecule is CN=C(NCc1nc(-c2ccco2)n[nH]1)N(C)Cc1cn(C)nc1C(C)C.I.